The van der Waals surface area contributed by atoms with Crippen molar-refractivity contribution in [3.05, 3.63) is 21.1 Å². The van der Waals surface area contributed by atoms with Crippen LogP contribution >= 0.6 is 11.3 Å². The standard InChI is InChI=1S/C11H18N2O4S/c1-7(14)9-5-8(13(16)17)10(18-9)12(4)6-11(2,3)15/h5,7,14-15H,6H2,1-4H3. The summed E-state index contributed by atoms with van der Waals surface area (Å²) < 4.78 is 0. The zero-order valence-electron chi connectivity index (χ0n) is 10.9. The third-order valence-corrected chi connectivity index (χ3v) is 3.70. The molecule has 2 N–H and O–H groups in total. The van der Waals surface area contributed by atoms with Crippen molar-refractivity contribution >= 4 is 22.0 Å². The van der Waals surface area contributed by atoms with Crippen molar-refractivity contribution in [2.24, 2.45) is 0 Å². The van der Waals surface area contributed by atoms with E-state index in [1.807, 2.05) is 0 Å². The Labute approximate surface area is 110 Å². The van der Waals surface area contributed by atoms with Crippen molar-refractivity contribution in [3.8, 4) is 0 Å². The molecule has 0 amide bonds. The van der Waals surface area contributed by atoms with E-state index in [9.17, 15) is 20.3 Å². The number of likely N-dealkylation sites (N-methyl/N-ethyl adjacent to an activating group) is 1. The van der Waals surface area contributed by atoms with Crippen LogP contribution in [0.15, 0.2) is 6.07 Å². The molecule has 0 saturated carbocycles. The van der Waals surface area contributed by atoms with Crippen LogP contribution in [0, 0.1) is 10.1 Å². The van der Waals surface area contributed by atoms with E-state index in [2.05, 4.69) is 0 Å². The van der Waals surface area contributed by atoms with Crippen molar-refractivity contribution < 1.29 is 15.1 Å². The van der Waals surface area contributed by atoms with E-state index in [0.29, 0.717) is 9.88 Å². The van der Waals surface area contributed by atoms with Gasteiger partial charge in [0.15, 0.2) is 5.00 Å². The zero-order chi connectivity index (χ0) is 14.1. The predicted molar refractivity (Wildman–Crippen MR) is 71.2 cm³/mol. The molecule has 1 aromatic heterocycles. The zero-order valence-corrected chi connectivity index (χ0v) is 11.7. The van der Waals surface area contributed by atoms with E-state index in [0.717, 1.165) is 0 Å². The van der Waals surface area contributed by atoms with Crippen LogP contribution in [-0.4, -0.2) is 34.3 Å². The van der Waals surface area contributed by atoms with Crippen LogP contribution in [0.3, 0.4) is 0 Å². The Hall–Kier alpha value is -1.18. The van der Waals surface area contributed by atoms with Gasteiger partial charge in [0.25, 0.3) is 0 Å². The largest absolute Gasteiger partial charge is 0.389 e. The number of hydrogen-bond acceptors (Lipinski definition) is 6. The molecule has 0 aromatic carbocycles. The first-order valence-electron chi connectivity index (χ1n) is 5.51. The molecular formula is C11H18N2O4S. The fourth-order valence-corrected chi connectivity index (χ4v) is 2.68. The number of aliphatic hydroxyl groups is 2. The number of nitro groups is 1. The Bertz CT molecular complexity index is 437. The second-order valence-corrected chi connectivity index (χ2v) is 6.00. The summed E-state index contributed by atoms with van der Waals surface area (Å²) in [7, 11) is 1.68. The van der Waals surface area contributed by atoms with Crippen LogP contribution in [-0.2, 0) is 0 Å². The molecule has 0 saturated heterocycles. The third kappa shape index (κ3) is 3.66. The molecule has 1 rings (SSSR count). The number of thiophene rings is 1. The summed E-state index contributed by atoms with van der Waals surface area (Å²) in [5.41, 5.74) is -0.986. The van der Waals surface area contributed by atoms with Gasteiger partial charge in [0, 0.05) is 24.5 Å². The van der Waals surface area contributed by atoms with Gasteiger partial charge < -0.3 is 15.1 Å². The lowest BCUT2D eigenvalue weighted by atomic mass is 10.1. The molecule has 0 aliphatic carbocycles. The number of anilines is 1. The van der Waals surface area contributed by atoms with Crippen LogP contribution in [0.25, 0.3) is 0 Å². The molecule has 6 nitrogen and oxygen atoms in total. The maximum absolute atomic E-state index is 11.0. The van der Waals surface area contributed by atoms with Crippen LogP contribution < -0.4 is 4.90 Å². The monoisotopic (exact) mass is 274 g/mol. The van der Waals surface area contributed by atoms with Gasteiger partial charge in [-0.05, 0) is 20.8 Å². The van der Waals surface area contributed by atoms with Gasteiger partial charge in [-0.2, -0.15) is 0 Å². The van der Waals surface area contributed by atoms with Gasteiger partial charge in [-0.15, -0.1) is 11.3 Å². The highest BCUT2D eigenvalue weighted by molar-refractivity contribution is 7.16. The average Bonchev–Trinajstić information content (AvgIpc) is 2.58. The summed E-state index contributed by atoms with van der Waals surface area (Å²) in [6.07, 6.45) is -0.738. The van der Waals surface area contributed by atoms with Crippen molar-refractivity contribution in [2.45, 2.75) is 32.5 Å². The van der Waals surface area contributed by atoms with Crippen LogP contribution in [0.2, 0.25) is 0 Å². The Morgan fingerprint density at radius 1 is 1.61 bits per heavy atom. The van der Waals surface area contributed by atoms with Gasteiger partial charge in [0.05, 0.1) is 16.6 Å². The fourth-order valence-electron chi connectivity index (χ4n) is 1.65. The minimum atomic E-state index is -0.947. The lowest BCUT2D eigenvalue weighted by Crippen LogP contribution is -2.36. The minimum Gasteiger partial charge on any atom is -0.389 e. The number of aliphatic hydroxyl groups excluding tert-OH is 1. The maximum atomic E-state index is 11.0. The lowest BCUT2D eigenvalue weighted by Gasteiger charge is -2.25. The Morgan fingerprint density at radius 3 is 2.56 bits per heavy atom. The van der Waals surface area contributed by atoms with E-state index >= 15 is 0 Å². The van der Waals surface area contributed by atoms with Gasteiger partial charge in [0.1, 0.15) is 0 Å². The van der Waals surface area contributed by atoms with Gasteiger partial charge in [-0.25, -0.2) is 0 Å². The van der Waals surface area contributed by atoms with Crippen LogP contribution in [0.4, 0.5) is 10.7 Å². The first-order chi connectivity index (χ1) is 8.11. The van der Waals surface area contributed by atoms with E-state index in [1.54, 1.807) is 32.7 Å². The van der Waals surface area contributed by atoms with Crippen LogP contribution in [0.5, 0.6) is 0 Å². The second-order valence-electron chi connectivity index (χ2n) is 4.94. The number of rotatable bonds is 5. The molecule has 0 bridgehead atoms. The summed E-state index contributed by atoms with van der Waals surface area (Å²) in [6.45, 7) is 5.11. The van der Waals surface area contributed by atoms with E-state index in [1.165, 1.54) is 17.4 Å². The predicted octanol–water partition coefficient (Wildman–Crippen LogP) is 1.92. The Balaban J connectivity index is 3.10. The molecule has 18 heavy (non-hydrogen) atoms. The molecule has 0 radical (unpaired) electrons. The molecule has 0 spiro atoms. The molecule has 1 unspecified atom stereocenters. The van der Waals surface area contributed by atoms with Gasteiger partial charge in [-0.1, -0.05) is 0 Å². The van der Waals surface area contributed by atoms with Crippen molar-refractivity contribution in [1.29, 1.82) is 0 Å². The van der Waals surface area contributed by atoms with Crippen LogP contribution in [0.1, 0.15) is 31.8 Å². The number of nitrogens with zero attached hydrogens (tertiary/aromatic N) is 2. The quantitative estimate of drug-likeness (QED) is 0.632. The first-order valence-corrected chi connectivity index (χ1v) is 6.33. The van der Waals surface area contributed by atoms with Gasteiger partial charge in [0.2, 0.25) is 0 Å². The first kappa shape index (κ1) is 14.9. The highest BCUT2D eigenvalue weighted by atomic mass is 32.1. The lowest BCUT2D eigenvalue weighted by molar-refractivity contribution is -0.383. The van der Waals surface area contributed by atoms with E-state index < -0.39 is 16.6 Å². The smallest absolute Gasteiger partial charge is 0.304 e. The summed E-state index contributed by atoms with van der Waals surface area (Å²) in [5, 5.41) is 30.6. The highest BCUT2D eigenvalue weighted by Crippen LogP contribution is 2.39. The molecule has 0 aliphatic heterocycles. The van der Waals surface area contributed by atoms with Crippen molar-refractivity contribution in [2.75, 3.05) is 18.5 Å². The maximum Gasteiger partial charge on any atom is 0.304 e. The minimum absolute atomic E-state index is 0.0392. The molecule has 0 aliphatic rings. The van der Waals surface area contributed by atoms with Gasteiger partial charge >= 0.3 is 5.69 Å². The van der Waals surface area contributed by atoms with E-state index in [-0.39, 0.29) is 12.2 Å². The topological polar surface area (TPSA) is 86.8 Å². The molecule has 1 atom stereocenters. The molecule has 102 valence electrons. The van der Waals surface area contributed by atoms with Gasteiger partial charge in [-0.3, -0.25) is 10.1 Å². The summed E-state index contributed by atoms with van der Waals surface area (Å²) in [5.74, 6) is 0. The number of hydrogen-bond donors (Lipinski definition) is 2. The fraction of sp³-hybridized carbons (Fsp3) is 0.636. The van der Waals surface area contributed by atoms with Crippen molar-refractivity contribution in [1.82, 2.24) is 0 Å². The Kier molecular flexibility index (Phi) is 4.31. The molecule has 7 heteroatoms. The second kappa shape index (κ2) is 5.21. The Morgan fingerprint density at radius 2 is 2.17 bits per heavy atom. The summed E-state index contributed by atoms with van der Waals surface area (Å²) >= 11 is 1.17. The molecule has 0 fully saturated rings. The summed E-state index contributed by atoms with van der Waals surface area (Å²) in [6, 6.07) is 1.38. The van der Waals surface area contributed by atoms with Crippen molar-refractivity contribution in [3.63, 3.8) is 0 Å². The average molecular weight is 274 g/mol. The molecular weight excluding hydrogens is 256 g/mol. The third-order valence-electron chi connectivity index (χ3n) is 2.29. The van der Waals surface area contributed by atoms with E-state index in [4.69, 9.17) is 0 Å². The molecule has 1 aromatic rings. The normalized spacial score (nSPS) is 13.4. The molecule has 1 heterocycles. The summed E-state index contributed by atoms with van der Waals surface area (Å²) in [4.78, 5) is 12.7. The highest BCUT2D eigenvalue weighted by Gasteiger charge is 2.26. The SMILES string of the molecule is CC(O)c1cc([N+](=O)[O-])c(N(C)CC(C)(C)O)s1.